The average molecular weight is 488 g/mol. The summed E-state index contributed by atoms with van der Waals surface area (Å²) in [5.74, 6) is 1.83. The molecule has 3 aromatic rings. The highest BCUT2D eigenvalue weighted by Gasteiger charge is 2.11. The second-order valence-electron chi connectivity index (χ2n) is 6.64. The molecule has 0 bridgehead atoms. The monoisotopic (exact) mass is 488 g/mol. The predicted octanol–water partition coefficient (Wildman–Crippen LogP) is 3.70. The van der Waals surface area contributed by atoms with Crippen LogP contribution in [0.2, 0.25) is 0 Å². The summed E-state index contributed by atoms with van der Waals surface area (Å²) in [5, 5.41) is 7.93. The Morgan fingerprint density at radius 1 is 1.14 bits per heavy atom. The Morgan fingerprint density at radius 2 is 2.04 bits per heavy atom. The lowest BCUT2D eigenvalue weighted by molar-refractivity contribution is 0.357. The van der Waals surface area contributed by atoms with Gasteiger partial charge in [0.05, 0.1) is 12.1 Å². The van der Waals surface area contributed by atoms with Gasteiger partial charge < -0.3 is 15.4 Å². The van der Waals surface area contributed by atoms with Gasteiger partial charge in [-0.25, -0.2) is 0 Å². The number of benzene rings is 2. The number of guanidine groups is 1. The fourth-order valence-corrected chi connectivity index (χ4v) is 3.43. The molecule has 1 aliphatic heterocycles. The minimum atomic E-state index is 0. The van der Waals surface area contributed by atoms with E-state index in [0.29, 0.717) is 6.54 Å². The number of pyridine rings is 1. The van der Waals surface area contributed by atoms with E-state index in [1.807, 2.05) is 12.3 Å². The Balaban J connectivity index is 0.00000225. The van der Waals surface area contributed by atoms with Crippen molar-refractivity contribution < 1.29 is 4.74 Å². The molecule has 0 unspecified atom stereocenters. The molecule has 2 aromatic carbocycles. The maximum Gasteiger partial charge on any atom is 0.191 e. The largest absolute Gasteiger partial charge is 0.493 e. The van der Waals surface area contributed by atoms with Crippen LogP contribution in [-0.4, -0.2) is 31.1 Å². The normalized spacial score (nSPS) is 12.8. The van der Waals surface area contributed by atoms with Crippen LogP contribution in [0.5, 0.6) is 5.75 Å². The first-order valence-electron chi connectivity index (χ1n) is 9.35. The van der Waals surface area contributed by atoms with Crippen molar-refractivity contribution in [1.29, 1.82) is 0 Å². The van der Waals surface area contributed by atoms with E-state index in [1.54, 1.807) is 7.05 Å². The van der Waals surface area contributed by atoms with Gasteiger partial charge in [0.25, 0.3) is 0 Å². The molecule has 0 spiro atoms. The van der Waals surface area contributed by atoms with E-state index in [1.165, 1.54) is 11.1 Å². The molecule has 28 heavy (non-hydrogen) atoms. The maximum atomic E-state index is 5.57. The van der Waals surface area contributed by atoms with Crippen LogP contribution >= 0.6 is 24.0 Å². The van der Waals surface area contributed by atoms with Crippen molar-refractivity contribution >= 4 is 40.8 Å². The summed E-state index contributed by atoms with van der Waals surface area (Å²) >= 11 is 0. The molecule has 1 aromatic heterocycles. The number of aliphatic imine (C=N–C) groups is 1. The molecule has 2 heterocycles. The SMILES string of the molecule is CN=C(NCCc1ccc2c(c1)CCO2)NCc1cccc2cccnc12.I. The zero-order chi connectivity index (χ0) is 18.5. The second kappa shape index (κ2) is 9.73. The number of aromatic nitrogens is 1. The van der Waals surface area contributed by atoms with E-state index in [2.05, 4.69) is 63.1 Å². The van der Waals surface area contributed by atoms with E-state index in [9.17, 15) is 0 Å². The Labute approximate surface area is 182 Å². The minimum absolute atomic E-state index is 0. The first kappa shape index (κ1) is 20.4. The molecule has 5 nitrogen and oxygen atoms in total. The number of ether oxygens (including phenoxy) is 1. The highest BCUT2D eigenvalue weighted by Crippen LogP contribution is 2.25. The Hall–Kier alpha value is -2.35. The van der Waals surface area contributed by atoms with Gasteiger partial charge in [0.2, 0.25) is 0 Å². The quantitative estimate of drug-likeness (QED) is 0.327. The van der Waals surface area contributed by atoms with E-state index in [4.69, 9.17) is 4.74 Å². The Kier molecular flexibility index (Phi) is 7.08. The summed E-state index contributed by atoms with van der Waals surface area (Å²) in [6, 6.07) is 16.8. The third kappa shape index (κ3) is 4.73. The number of nitrogens with one attached hydrogen (secondary N) is 2. The van der Waals surface area contributed by atoms with Crippen LogP contribution in [0.25, 0.3) is 10.9 Å². The summed E-state index contributed by atoms with van der Waals surface area (Å²) in [6.07, 6.45) is 3.79. The molecular weight excluding hydrogens is 463 g/mol. The van der Waals surface area contributed by atoms with Gasteiger partial charge in [-0.05, 0) is 35.2 Å². The zero-order valence-electron chi connectivity index (χ0n) is 15.9. The summed E-state index contributed by atoms with van der Waals surface area (Å²) in [7, 11) is 1.80. The van der Waals surface area contributed by atoms with Crippen molar-refractivity contribution in [2.75, 3.05) is 20.2 Å². The molecule has 0 saturated carbocycles. The third-order valence-corrected chi connectivity index (χ3v) is 4.85. The van der Waals surface area contributed by atoms with Crippen molar-refractivity contribution in [3.63, 3.8) is 0 Å². The van der Waals surface area contributed by atoms with Gasteiger partial charge in [-0.1, -0.05) is 36.4 Å². The highest BCUT2D eigenvalue weighted by molar-refractivity contribution is 14.0. The zero-order valence-corrected chi connectivity index (χ0v) is 18.3. The lowest BCUT2D eigenvalue weighted by Crippen LogP contribution is -2.37. The maximum absolute atomic E-state index is 5.57. The second-order valence-corrected chi connectivity index (χ2v) is 6.64. The standard InChI is InChI=1S/C22H24N4O.HI/c1-23-22(25-12-9-16-7-8-20-18(14-16)10-13-27-20)26-15-19-5-2-4-17-6-3-11-24-21(17)19;/h2-8,11,14H,9-10,12-13,15H2,1H3,(H2,23,25,26);1H. The van der Waals surface area contributed by atoms with E-state index in [-0.39, 0.29) is 24.0 Å². The van der Waals surface area contributed by atoms with Crippen molar-refractivity contribution in [2.45, 2.75) is 19.4 Å². The molecule has 0 saturated heterocycles. The van der Waals surface area contributed by atoms with Crippen LogP contribution in [0.3, 0.4) is 0 Å². The number of para-hydroxylation sites is 1. The van der Waals surface area contributed by atoms with Gasteiger partial charge in [0, 0.05) is 38.1 Å². The Morgan fingerprint density at radius 3 is 2.93 bits per heavy atom. The van der Waals surface area contributed by atoms with Crippen LogP contribution in [0.4, 0.5) is 0 Å². The molecular formula is C22H25IN4O. The number of fused-ring (bicyclic) bond motifs is 2. The molecule has 2 N–H and O–H groups in total. The molecule has 0 atom stereocenters. The molecule has 0 fully saturated rings. The Bertz CT molecular complexity index is 968. The molecule has 0 aliphatic carbocycles. The third-order valence-electron chi connectivity index (χ3n) is 4.85. The van der Waals surface area contributed by atoms with Crippen molar-refractivity contribution in [2.24, 2.45) is 4.99 Å². The molecule has 4 rings (SSSR count). The van der Waals surface area contributed by atoms with Gasteiger partial charge in [-0.3, -0.25) is 9.98 Å². The molecule has 0 radical (unpaired) electrons. The molecule has 0 amide bonds. The van der Waals surface area contributed by atoms with E-state index in [0.717, 1.165) is 54.2 Å². The lowest BCUT2D eigenvalue weighted by atomic mass is 10.1. The van der Waals surface area contributed by atoms with Gasteiger partial charge in [-0.15, -0.1) is 24.0 Å². The van der Waals surface area contributed by atoms with Gasteiger partial charge >= 0.3 is 0 Å². The summed E-state index contributed by atoms with van der Waals surface area (Å²) in [6.45, 7) is 2.31. The molecule has 1 aliphatic rings. The van der Waals surface area contributed by atoms with Crippen LogP contribution in [0.1, 0.15) is 16.7 Å². The van der Waals surface area contributed by atoms with Crippen molar-refractivity contribution in [3.8, 4) is 5.75 Å². The van der Waals surface area contributed by atoms with Crippen LogP contribution < -0.4 is 15.4 Å². The highest BCUT2D eigenvalue weighted by atomic mass is 127. The topological polar surface area (TPSA) is 58.5 Å². The van der Waals surface area contributed by atoms with E-state index < -0.39 is 0 Å². The fourth-order valence-electron chi connectivity index (χ4n) is 3.43. The minimum Gasteiger partial charge on any atom is -0.493 e. The van der Waals surface area contributed by atoms with Gasteiger partial charge in [-0.2, -0.15) is 0 Å². The van der Waals surface area contributed by atoms with Crippen LogP contribution in [-0.2, 0) is 19.4 Å². The number of hydrogen-bond acceptors (Lipinski definition) is 3. The summed E-state index contributed by atoms with van der Waals surface area (Å²) in [5.41, 5.74) is 4.83. The smallest absolute Gasteiger partial charge is 0.191 e. The van der Waals surface area contributed by atoms with Crippen molar-refractivity contribution in [3.05, 3.63) is 71.4 Å². The number of halogens is 1. The number of rotatable bonds is 5. The first-order valence-corrected chi connectivity index (χ1v) is 9.35. The number of hydrogen-bond donors (Lipinski definition) is 2. The van der Waals surface area contributed by atoms with Crippen LogP contribution in [0, 0.1) is 0 Å². The number of nitrogens with zero attached hydrogens (tertiary/aromatic N) is 2. The molecule has 6 heteroatoms. The summed E-state index contributed by atoms with van der Waals surface area (Å²) < 4.78 is 5.57. The van der Waals surface area contributed by atoms with E-state index >= 15 is 0 Å². The first-order chi connectivity index (χ1) is 13.3. The van der Waals surface area contributed by atoms with Crippen LogP contribution in [0.15, 0.2) is 59.7 Å². The average Bonchev–Trinajstić information content (AvgIpc) is 3.18. The van der Waals surface area contributed by atoms with Crippen molar-refractivity contribution in [1.82, 2.24) is 15.6 Å². The lowest BCUT2D eigenvalue weighted by Gasteiger charge is -2.13. The van der Waals surface area contributed by atoms with Gasteiger partial charge in [0.15, 0.2) is 5.96 Å². The van der Waals surface area contributed by atoms with Gasteiger partial charge in [0.1, 0.15) is 5.75 Å². The fraction of sp³-hybridized carbons (Fsp3) is 0.273. The summed E-state index contributed by atoms with van der Waals surface area (Å²) in [4.78, 5) is 8.83. The predicted molar refractivity (Wildman–Crippen MR) is 125 cm³/mol. The molecule has 146 valence electrons.